The standard InChI is InChI=1S/C13H20N4O2S/c1-11(15-17-9-7-16(2)8-10-17)12-3-5-13(6-4-12)20(14,18)19/h3-6H,7-10H2,1-2H3,(H2,14,18,19)/b15-11+. The summed E-state index contributed by atoms with van der Waals surface area (Å²) in [5.74, 6) is 0. The lowest BCUT2D eigenvalue weighted by atomic mass is 10.1. The van der Waals surface area contributed by atoms with Crippen molar-refractivity contribution in [1.82, 2.24) is 9.91 Å². The minimum atomic E-state index is -3.63. The monoisotopic (exact) mass is 296 g/mol. The predicted octanol–water partition coefficient (Wildman–Crippen LogP) is 0.305. The molecule has 0 aromatic heterocycles. The third kappa shape index (κ3) is 3.78. The first-order valence-electron chi connectivity index (χ1n) is 6.48. The molecule has 1 aliphatic heterocycles. The van der Waals surface area contributed by atoms with Crippen LogP contribution < -0.4 is 5.14 Å². The summed E-state index contributed by atoms with van der Waals surface area (Å²) in [5, 5.41) is 11.7. The molecule has 110 valence electrons. The maximum atomic E-state index is 11.2. The van der Waals surface area contributed by atoms with E-state index in [0.717, 1.165) is 37.5 Å². The Bertz CT molecular complexity index is 587. The van der Waals surface area contributed by atoms with Gasteiger partial charge in [0.15, 0.2) is 0 Å². The highest BCUT2D eigenvalue weighted by atomic mass is 32.2. The molecule has 0 radical (unpaired) electrons. The van der Waals surface area contributed by atoms with E-state index in [2.05, 4.69) is 17.0 Å². The highest BCUT2D eigenvalue weighted by Gasteiger charge is 2.12. The zero-order chi connectivity index (χ0) is 14.8. The Morgan fingerprint density at radius 2 is 1.70 bits per heavy atom. The van der Waals surface area contributed by atoms with Gasteiger partial charge in [-0.15, -0.1) is 0 Å². The maximum Gasteiger partial charge on any atom is 0.238 e. The zero-order valence-electron chi connectivity index (χ0n) is 11.8. The second-order valence-corrected chi connectivity index (χ2v) is 6.57. The molecule has 1 aromatic rings. The molecule has 2 N–H and O–H groups in total. The van der Waals surface area contributed by atoms with Gasteiger partial charge in [-0.05, 0) is 31.7 Å². The first kappa shape index (κ1) is 15.0. The number of piperazine rings is 1. The summed E-state index contributed by atoms with van der Waals surface area (Å²) in [6.45, 7) is 5.73. The van der Waals surface area contributed by atoms with Gasteiger partial charge in [0.05, 0.1) is 10.6 Å². The van der Waals surface area contributed by atoms with Gasteiger partial charge < -0.3 is 4.90 Å². The summed E-state index contributed by atoms with van der Waals surface area (Å²) < 4.78 is 22.4. The molecule has 1 heterocycles. The fourth-order valence-corrected chi connectivity index (χ4v) is 2.57. The van der Waals surface area contributed by atoms with Gasteiger partial charge in [-0.3, -0.25) is 5.01 Å². The molecule has 1 aromatic carbocycles. The van der Waals surface area contributed by atoms with Gasteiger partial charge in [-0.1, -0.05) is 12.1 Å². The van der Waals surface area contributed by atoms with E-state index in [1.54, 1.807) is 12.1 Å². The van der Waals surface area contributed by atoms with Crippen LogP contribution in [0.2, 0.25) is 0 Å². The van der Waals surface area contributed by atoms with Crippen molar-refractivity contribution in [2.24, 2.45) is 10.2 Å². The molecule has 2 rings (SSSR count). The van der Waals surface area contributed by atoms with Gasteiger partial charge in [-0.2, -0.15) is 5.10 Å². The van der Waals surface area contributed by atoms with E-state index < -0.39 is 10.0 Å². The maximum absolute atomic E-state index is 11.2. The van der Waals surface area contributed by atoms with E-state index in [1.807, 2.05) is 11.9 Å². The van der Waals surface area contributed by atoms with Gasteiger partial charge >= 0.3 is 0 Å². The predicted molar refractivity (Wildman–Crippen MR) is 79.1 cm³/mol. The molecule has 0 aliphatic carbocycles. The molecule has 0 bridgehead atoms. The second-order valence-electron chi connectivity index (χ2n) is 5.01. The average molecular weight is 296 g/mol. The number of sulfonamides is 1. The molecule has 0 unspecified atom stereocenters. The third-order valence-corrected chi connectivity index (χ3v) is 4.30. The van der Waals surface area contributed by atoms with Gasteiger partial charge in [0.2, 0.25) is 10.0 Å². The van der Waals surface area contributed by atoms with E-state index in [-0.39, 0.29) is 4.90 Å². The van der Waals surface area contributed by atoms with Crippen molar-refractivity contribution in [1.29, 1.82) is 0 Å². The molecular formula is C13H20N4O2S. The number of hydrogen-bond donors (Lipinski definition) is 1. The summed E-state index contributed by atoms with van der Waals surface area (Å²) in [6, 6.07) is 6.48. The fourth-order valence-electron chi connectivity index (χ4n) is 2.05. The van der Waals surface area contributed by atoms with E-state index in [9.17, 15) is 8.42 Å². The molecule has 0 saturated carbocycles. The highest BCUT2D eigenvalue weighted by Crippen LogP contribution is 2.10. The van der Waals surface area contributed by atoms with Gasteiger partial charge in [-0.25, -0.2) is 13.6 Å². The SMILES string of the molecule is C/C(=N\N1CCN(C)CC1)c1ccc(S(N)(=O)=O)cc1. The van der Waals surface area contributed by atoms with Gasteiger partial charge in [0, 0.05) is 26.2 Å². The van der Waals surface area contributed by atoms with Crippen molar-refractivity contribution < 1.29 is 8.42 Å². The minimum absolute atomic E-state index is 0.119. The molecule has 0 atom stereocenters. The number of benzene rings is 1. The van der Waals surface area contributed by atoms with E-state index in [1.165, 1.54) is 12.1 Å². The fraction of sp³-hybridized carbons (Fsp3) is 0.462. The van der Waals surface area contributed by atoms with Crippen LogP contribution in [-0.2, 0) is 10.0 Å². The molecule has 1 fully saturated rings. The minimum Gasteiger partial charge on any atom is -0.303 e. The Labute approximate surface area is 119 Å². The third-order valence-electron chi connectivity index (χ3n) is 3.37. The number of nitrogens with two attached hydrogens (primary N) is 1. The van der Waals surface area contributed by atoms with Crippen molar-refractivity contribution in [3.8, 4) is 0 Å². The lowest BCUT2D eigenvalue weighted by molar-refractivity contribution is 0.159. The van der Waals surface area contributed by atoms with Crippen molar-refractivity contribution in [2.45, 2.75) is 11.8 Å². The van der Waals surface area contributed by atoms with Crippen LogP contribution >= 0.6 is 0 Å². The summed E-state index contributed by atoms with van der Waals surface area (Å²) in [7, 11) is -1.54. The van der Waals surface area contributed by atoms with Crippen molar-refractivity contribution in [3.63, 3.8) is 0 Å². The van der Waals surface area contributed by atoms with Crippen LogP contribution in [0.1, 0.15) is 12.5 Å². The smallest absolute Gasteiger partial charge is 0.238 e. The van der Waals surface area contributed by atoms with Crippen LogP contribution in [0.25, 0.3) is 0 Å². The van der Waals surface area contributed by atoms with Crippen molar-refractivity contribution in [2.75, 3.05) is 33.2 Å². The number of primary sulfonamides is 1. The van der Waals surface area contributed by atoms with Crippen LogP contribution in [0, 0.1) is 0 Å². The number of hydrazone groups is 1. The summed E-state index contributed by atoms with van der Waals surface area (Å²) in [4.78, 5) is 2.39. The van der Waals surface area contributed by atoms with Crippen LogP contribution in [-0.4, -0.2) is 57.3 Å². The Kier molecular flexibility index (Phi) is 4.42. The quantitative estimate of drug-likeness (QED) is 0.814. The summed E-state index contributed by atoms with van der Waals surface area (Å²) >= 11 is 0. The normalized spacial score (nSPS) is 18.4. The molecule has 20 heavy (non-hydrogen) atoms. The molecule has 0 spiro atoms. The molecule has 0 amide bonds. The topological polar surface area (TPSA) is 79.0 Å². The molecule has 1 saturated heterocycles. The Balaban J connectivity index is 2.11. The van der Waals surface area contributed by atoms with E-state index in [4.69, 9.17) is 5.14 Å². The molecule has 1 aliphatic rings. The van der Waals surface area contributed by atoms with Crippen molar-refractivity contribution >= 4 is 15.7 Å². The molecular weight excluding hydrogens is 276 g/mol. The highest BCUT2D eigenvalue weighted by molar-refractivity contribution is 7.89. The van der Waals surface area contributed by atoms with Crippen LogP contribution in [0.15, 0.2) is 34.3 Å². The van der Waals surface area contributed by atoms with Crippen molar-refractivity contribution in [3.05, 3.63) is 29.8 Å². The van der Waals surface area contributed by atoms with E-state index >= 15 is 0 Å². The molecule has 6 nitrogen and oxygen atoms in total. The Hall–Kier alpha value is -1.44. The van der Waals surface area contributed by atoms with Gasteiger partial charge in [0.1, 0.15) is 0 Å². The Morgan fingerprint density at radius 1 is 1.15 bits per heavy atom. The van der Waals surface area contributed by atoms with Crippen LogP contribution in [0.5, 0.6) is 0 Å². The second kappa shape index (κ2) is 5.90. The number of likely N-dealkylation sites (N-methyl/N-ethyl adjacent to an activating group) is 1. The first-order chi connectivity index (χ1) is 9.36. The first-order valence-corrected chi connectivity index (χ1v) is 8.03. The number of nitrogens with zero attached hydrogens (tertiary/aromatic N) is 3. The zero-order valence-corrected chi connectivity index (χ0v) is 12.6. The largest absolute Gasteiger partial charge is 0.303 e. The lowest BCUT2D eigenvalue weighted by Crippen LogP contribution is -2.42. The Morgan fingerprint density at radius 3 is 2.20 bits per heavy atom. The molecule has 7 heteroatoms. The lowest BCUT2D eigenvalue weighted by Gasteiger charge is -2.30. The summed E-state index contributed by atoms with van der Waals surface area (Å²) in [6.07, 6.45) is 0. The van der Waals surface area contributed by atoms with Crippen LogP contribution in [0.3, 0.4) is 0 Å². The van der Waals surface area contributed by atoms with Crippen LogP contribution in [0.4, 0.5) is 0 Å². The average Bonchev–Trinajstić information content (AvgIpc) is 2.40. The summed E-state index contributed by atoms with van der Waals surface area (Å²) in [5.41, 5.74) is 1.77. The number of rotatable bonds is 3. The van der Waals surface area contributed by atoms with E-state index in [0.29, 0.717) is 0 Å². The van der Waals surface area contributed by atoms with Gasteiger partial charge in [0.25, 0.3) is 0 Å². The number of hydrogen-bond acceptors (Lipinski definition) is 5.